The zero-order chi connectivity index (χ0) is 14.5. The van der Waals surface area contributed by atoms with Crippen molar-refractivity contribution >= 4 is 11.9 Å². The first kappa shape index (κ1) is 14.3. The van der Waals surface area contributed by atoms with Gasteiger partial charge in [0.05, 0.1) is 19.1 Å². The Labute approximate surface area is 116 Å². The second-order valence-corrected chi connectivity index (χ2v) is 4.54. The van der Waals surface area contributed by atoms with Crippen LogP contribution in [-0.4, -0.2) is 43.3 Å². The van der Waals surface area contributed by atoms with Crippen LogP contribution in [0.5, 0.6) is 5.75 Å². The maximum atomic E-state index is 12.2. The monoisotopic (exact) mass is 279 g/mol. The molecule has 0 bridgehead atoms. The Kier molecular flexibility index (Phi) is 4.57. The van der Waals surface area contributed by atoms with Crippen LogP contribution in [0.3, 0.4) is 0 Å². The van der Waals surface area contributed by atoms with E-state index in [-0.39, 0.29) is 18.4 Å². The fourth-order valence-corrected chi connectivity index (χ4v) is 2.20. The van der Waals surface area contributed by atoms with Gasteiger partial charge in [0.1, 0.15) is 5.75 Å². The standard InChI is InChI=1S/C14H17NO5/c1-19-12(14(17)18)8-15-13(16)10-6-7-20-11-5-3-2-4-9(10)11/h2-5,10,12H,6-8H2,1H3,(H,15,16)(H,17,18). The SMILES string of the molecule is COC(CNC(=O)C1CCOc2ccccc21)C(=O)O. The van der Waals surface area contributed by atoms with Crippen LogP contribution in [0.15, 0.2) is 24.3 Å². The number of carboxylic acid groups (broad SMARTS) is 1. The van der Waals surface area contributed by atoms with E-state index in [2.05, 4.69) is 5.32 Å². The van der Waals surface area contributed by atoms with E-state index in [1.54, 1.807) is 0 Å². The van der Waals surface area contributed by atoms with Gasteiger partial charge in [-0.2, -0.15) is 0 Å². The van der Waals surface area contributed by atoms with Gasteiger partial charge in [-0.05, 0) is 12.5 Å². The van der Waals surface area contributed by atoms with E-state index in [4.69, 9.17) is 14.6 Å². The van der Waals surface area contributed by atoms with Gasteiger partial charge in [0.2, 0.25) is 5.91 Å². The number of rotatable bonds is 5. The zero-order valence-electron chi connectivity index (χ0n) is 11.2. The number of benzene rings is 1. The lowest BCUT2D eigenvalue weighted by molar-refractivity contribution is -0.148. The molecule has 108 valence electrons. The average molecular weight is 279 g/mol. The molecule has 2 unspecified atom stereocenters. The lowest BCUT2D eigenvalue weighted by atomic mass is 9.92. The first-order valence-electron chi connectivity index (χ1n) is 6.38. The van der Waals surface area contributed by atoms with Crippen LogP contribution in [0.4, 0.5) is 0 Å². The van der Waals surface area contributed by atoms with Crippen molar-refractivity contribution < 1.29 is 24.2 Å². The lowest BCUT2D eigenvalue weighted by Crippen LogP contribution is -2.40. The molecule has 0 aromatic heterocycles. The molecular weight excluding hydrogens is 262 g/mol. The highest BCUT2D eigenvalue weighted by Crippen LogP contribution is 2.33. The first-order chi connectivity index (χ1) is 9.63. The van der Waals surface area contributed by atoms with Gasteiger partial charge < -0.3 is 19.9 Å². The van der Waals surface area contributed by atoms with Crippen molar-refractivity contribution in [3.8, 4) is 5.75 Å². The molecule has 20 heavy (non-hydrogen) atoms. The molecular formula is C14H17NO5. The second-order valence-electron chi connectivity index (χ2n) is 4.54. The van der Waals surface area contributed by atoms with Crippen molar-refractivity contribution in [1.82, 2.24) is 5.32 Å². The summed E-state index contributed by atoms with van der Waals surface area (Å²) in [5.74, 6) is -0.907. The molecule has 0 saturated carbocycles. The third-order valence-electron chi connectivity index (χ3n) is 3.30. The molecule has 2 N–H and O–H groups in total. The second kappa shape index (κ2) is 6.38. The van der Waals surface area contributed by atoms with Crippen molar-refractivity contribution in [1.29, 1.82) is 0 Å². The van der Waals surface area contributed by atoms with E-state index in [0.29, 0.717) is 18.8 Å². The Morgan fingerprint density at radius 3 is 2.95 bits per heavy atom. The fourth-order valence-electron chi connectivity index (χ4n) is 2.20. The number of aliphatic carboxylic acids is 1. The molecule has 6 nitrogen and oxygen atoms in total. The van der Waals surface area contributed by atoms with Gasteiger partial charge in [-0.1, -0.05) is 18.2 Å². The summed E-state index contributed by atoms with van der Waals surface area (Å²) in [5, 5.41) is 11.5. The highest BCUT2D eigenvalue weighted by atomic mass is 16.5. The Bertz CT molecular complexity index is 502. The molecule has 0 fully saturated rings. The number of para-hydroxylation sites is 1. The third kappa shape index (κ3) is 3.08. The molecule has 1 aliphatic rings. The maximum absolute atomic E-state index is 12.2. The summed E-state index contributed by atoms with van der Waals surface area (Å²) in [6, 6.07) is 7.38. The molecule has 1 heterocycles. The Morgan fingerprint density at radius 1 is 1.50 bits per heavy atom. The third-order valence-corrected chi connectivity index (χ3v) is 3.30. The summed E-state index contributed by atoms with van der Waals surface area (Å²) < 4.78 is 10.3. The molecule has 6 heteroatoms. The number of carbonyl (C=O) groups excluding carboxylic acids is 1. The van der Waals surface area contributed by atoms with Crippen LogP contribution < -0.4 is 10.1 Å². The van der Waals surface area contributed by atoms with Crippen molar-refractivity contribution in [3.63, 3.8) is 0 Å². The molecule has 1 aromatic rings. The highest BCUT2D eigenvalue weighted by molar-refractivity contribution is 5.85. The minimum atomic E-state index is -1.10. The molecule has 1 amide bonds. The van der Waals surface area contributed by atoms with Crippen molar-refractivity contribution in [2.24, 2.45) is 0 Å². The Hall–Kier alpha value is -2.08. The lowest BCUT2D eigenvalue weighted by Gasteiger charge is -2.25. The summed E-state index contributed by atoms with van der Waals surface area (Å²) in [6.45, 7) is 0.423. The molecule has 1 aromatic carbocycles. The van der Waals surface area contributed by atoms with Crippen LogP contribution in [0.1, 0.15) is 17.9 Å². The Balaban J connectivity index is 2.02. The van der Waals surface area contributed by atoms with Crippen LogP contribution in [0.25, 0.3) is 0 Å². The van der Waals surface area contributed by atoms with E-state index in [1.807, 2.05) is 24.3 Å². The molecule has 0 aliphatic carbocycles. The minimum absolute atomic E-state index is 0.0514. The van der Waals surface area contributed by atoms with Gasteiger partial charge >= 0.3 is 5.97 Å². The van der Waals surface area contributed by atoms with Crippen LogP contribution >= 0.6 is 0 Å². The molecule has 0 spiro atoms. The maximum Gasteiger partial charge on any atom is 0.334 e. The summed E-state index contributed by atoms with van der Waals surface area (Å²) in [7, 11) is 1.30. The fraction of sp³-hybridized carbons (Fsp3) is 0.429. The Morgan fingerprint density at radius 2 is 2.25 bits per heavy atom. The molecule has 0 radical (unpaired) electrons. The van der Waals surface area contributed by atoms with Crippen LogP contribution in [0, 0.1) is 0 Å². The molecule has 0 saturated heterocycles. The number of carboxylic acids is 1. The number of ether oxygens (including phenoxy) is 2. The molecule has 1 aliphatic heterocycles. The number of carbonyl (C=O) groups is 2. The van der Waals surface area contributed by atoms with E-state index in [9.17, 15) is 9.59 Å². The number of nitrogens with one attached hydrogen (secondary N) is 1. The van der Waals surface area contributed by atoms with Crippen molar-refractivity contribution in [3.05, 3.63) is 29.8 Å². The van der Waals surface area contributed by atoms with Gasteiger partial charge in [-0.3, -0.25) is 4.79 Å². The smallest absolute Gasteiger partial charge is 0.334 e. The van der Waals surface area contributed by atoms with Crippen LogP contribution in [-0.2, 0) is 14.3 Å². The number of hydrogen-bond acceptors (Lipinski definition) is 4. The predicted molar refractivity (Wildman–Crippen MR) is 70.7 cm³/mol. The van der Waals surface area contributed by atoms with Gasteiger partial charge in [0, 0.05) is 12.7 Å². The molecule has 2 rings (SSSR count). The van der Waals surface area contributed by atoms with E-state index in [0.717, 1.165) is 5.56 Å². The molecule has 2 atom stereocenters. The van der Waals surface area contributed by atoms with Gasteiger partial charge in [0.25, 0.3) is 0 Å². The summed E-state index contributed by atoms with van der Waals surface area (Å²) in [4.78, 5) is 23.0. The van der Waals surface area contributed by atoms with Gasteiger partial charge in [-0.25, -0.2) is 4.79 Å². The number of methoxy groups -OCH3 is 1. The summed E-state index contributed by atoms with van der Waals surface area (Å²) >= 11 is 0. The van der Waals surface area contributed by atoms with Crippen LogP contribution in [0.2, 0.25) is 0 Å². The van der Waals surface area contributed by atoms with Gasteiger partial charge in [-0.15, -0.1) is 0 Å². The summed E-state index contributed by atoms with van der Waals surface area (Å²) in [5.41, 5.74) is 0.834. The average Bonchev–Trinajstić information content (AvgIpc) is 2.46. The van der Waals surface area contributed by atoms with Gasteiger partial charge in [0.15, 0.2) is 6.10 Å². The van der Waals surface area contributed by atoms with Crippen molar-refractivity contribution in [2.45, 2.75) is 18.4 Å². The quantitative estimate of drug-likeness (QED) is 0.831. The number of fused-ring (bicyclic) bond motifs is 1. The summed E-state index contributed by atoms with van der Waals surface area (Å²) in [6.07, 6.45) is -0.456. The minimum Gasteiger partial charge on any atom is -0.493 e. The first-order valence-corrected chi connectivity index (χ1v) is 6.38. The normalized spacial score (nSPS) is 18.6. The van der Waals surface area contributed by atoms with E-state index < -0.39 is 12.1 Å². The highest BCUT2D eigenvalue weighted by Gasteiger charge is 2.28. The largest absolute Gasteiger partial charge is 0.493 e. The zero-order valence-corrected chi connectivity index (χ0v) is 11.2. The number of amides is 1. The predicted octanol–water partition coefficient (Wildman–Crippen LogP) is 0.768. The van der Waals surface area contributed by atoms with Crippen molar-refractivity contribution in [2.75, 3.05) is 20.3 Å². The van der Waals surface area contributed by atoms with E-state index in [1.165, 1.54) is 7.11 Å². The number of hydrogen-bond donors (Lipinski definition) is 2. The topological polar surface area (TPSA) is 84.9 Å². The van der Waals surface area contributed by atoms with E-state index >= 15 is 0 Å².